The highest BCUT2D eigenvalue weighted by molar-refractivity contribution is 8.13. The Hall–Kier alpha value is -1.04. The van der Waals surface area contributed by atoms with Gasteiger partial charge in [-0.1, -0.05) is 11.6 Å². The Morgan fingerprint density at radius 2 is 2.26 bits per heavy atom. The predicted octanol–water partition coefficient (Wildman–Crippen LogP) is 4.64. The van der Waals surface area contributed by atoms with E-state index < -0.39 is 0 Å². The van der Waals surface area contributed by atoms with E-state index in [0.29, 0.717) is 6.61 Å². The summed E-state index contributed by atoms with van der Waals surface area (Å²) in [5, 5.41) is 1.74. The molecule has 0 fully saturated rings. The molecule has 3 nitrogen and oxygen atoms in total. The molecule has 0 saturated heterocycles. The fourth-order valence-corrected chi connectivity index (χ4v) is 2.92. The van der Waals surface area contributed by atoms with Crippen molar-refractivity contribution in [2.24, 2.45) is 4.99 Å². The molecular weight excluding hydrogens is 300 g/mol. The molecule has 2 aromatic rings. The number of hydrogen-bond acceptors (Lipinski definition) is 5. The molecule has 0 radical (unpaired) electrons. The monoisotopic (exact) mass is 312 g/mol. The van der Waals surface area contributed by atoms with Gasteiger partial charge >= 0.3 is 0 Å². The van der Waals surface area contributed by atoms with Gasteiger partial charge in [-0.2, -0.15) is 0 Å². The number of rotatable bonds is 4. The van der Waals surface area contributed by atoms with Gasteiger partial charge in [-0.05, 0) is 37.4 Å². The van der Waals surface area contributed by atoms with E-state index in [1.165, 1.54) is 11.3 Å². The lowest BCUT2D eigenvalue weighted by Crippen LogP contribution is -1.99. The van der Waals surface area contributed by atoms with Crippen molar-refractivity contribution in [1.82, 2.24) is 4.98 Å². The first-order valence-corrected chi connectivity index (χ1v) is 8.12. The van der Waals surface area contributed by atoms with Crippen molar-refractivity contribution < 1.29 is 4.74 Å². The van der Waals surface area contributed by atoms with E-state index in [1.54, 1.807) is 18.0 Å². The quantitative estimate of drug-likeness (QED) is 0.609. The summed E-state index contributed by atoms with van der Waals surface area (Å²) in [5.41, 5.74) is 0.834. The molecule has 6 heteroatoms. The molecular formula is C13H13ClN2OS2. The molecule has 0 amide bonds. The molecule has 2 rings (SSSR count). The lowest BCUT2D eigenvalue weighted by atomic mass is 10.3. The topological polar surface area (TPSA) is 34.5 Å². The Balaban J connectivity index is 2.23. The molecule has 0 N–H and O–H groups in total. The number of aliphatic imine (C=N–C) groups is 1. The highest BCUT2D eigenvalue weighted by Gasteiger charge is 2.06. The van der Waals surface area contributed by atoms with E-state index in [2.05, 4.69) is 9.98 Å². The number of aromatic nitrogens is 1. The van der Waals surface area contributed by atoms with Gasteiger partial charge in [-0.15, -0.1) is 23.1 Å². The van der Waals surface area contributed by atoms with Gasteiger partial charge in [0.25, 0.3) is 0 Å². The van der Waals surface area contributed by atoms with E-state index in [0.717, 1.165) is 25.8 Å². The number of nitrogens with zero attached hydrogens (tertiary/aromatic N) is 2. The molecule has 0 unspecified atom stereocenters. The summed E-state index contributed by atoms with van der Waals surface area (Å²) in [5.74, 6) is 0.769. The van der Waals surface area contributed by atoms with Gasteiger partial charge in [-0.3, -0.25) is 4.98 Å². The summed E-state index contributed by atoms with van der Waals surface area (Å²) in [6, 6.07) is 7.56. The Morgan fingerprint density at radius 3 is 2.79 bits per heavy atom. The maximum atomic E-state index is 5.90. The summed E-state index contributed by atoms with van der Waals surface area (Å²) in [6.07, 6.45) is 3.69. The number of halogens is 1. The number of thioether (sulfide) groups is 1. The first-order chi connectivity index (χ1) is 9.22. The van der Waals surface area contributed by atoms with Gasteiger partial charge in [0.2, 0.25) is 0 Å². The lowest BCUT2D eigenvalue weighted by Gasteiger charge is -2.04. The van der Waals surface area contributed by atoms with E-state index >= 15 is 0 Å². The Labute approximate surface area is 125 Å². The van der Waals surface area contributed by atoms with Crippen molar-refractivity contribution in [2.45, 2.75) is 6.92 Å². The van der Waals surface area contributed by atoms with Crippen LogP contribution in [0.4, 0.5) is 5.00 Å². The third-order valence-corrected chi connectivity index (χ3v) is 4.04. The second kappa shape index (κ2) is 6.93. The molecule has 0 spiro atoms. The highest BCUT2D eigenvalue weighted by Crippen LogP contribution is 2.30. The van der Waals surface area contributed by atoms with Crippen LogP contribution < -0.4 is 4.74 Å². The van der Waals surface area contributed by atoms with Crippen molar-refractivity contribution in [3.8, 4) is 5.75 Å². The summed E-state index contributed by atoms with van der Waals surface area (Å²) in [4.78, 5) is 8.92. The molecule has 0 atom stereocenters. The third-order valence-electron chi connectivity index (χ3n) is 2.23. The molecule has 2 aromatic heterocycles. The molecule has 0 bridgehead atoms. The van der Waals surface area contributed by atoms with Crippen LogP contribution in [0.15, 0.2) is 35.5 Å². The van der Waals surface area contributed by atoms with Crippen LogP contribution in [0.3, 0.4) is 0 Å². The van der Waals surface area contributed by atoms with Gasteiger partial charge in [0, 0.05) is 0 Å². The Kier molecular flexibility index (Phi) is 5.24. The summed E-state index contributed by atoms with van der Waals surface area (Å²) < 4.78 is 6.11. The van der Waals surface area contributed by atoms with Crippen molar-refractivity contribution >= 4 is 44.7 Å². The first kappa shape index (κ1) is 14.4. The maximum absolute atomic E-state index is 5.90. The fourth-order valence-electron chi connectivity index (χ4n) is 1.43. The van der Waals surface area contributed by atoms with Crippen LogP contribution in [0.5, 0.6) is 5.75 Å². The van der Waals surface area contributed by atoms with Crippen molar-refractivity contribution in [2.75, 3.05) is 12.9 Å². The summed E-state index contributed by atoms with van der Waals surface area (Å²) in [6.45, 7) is 2.58. The van der Waals surface area contributed by atoms with Crippen molar-refractivity contribution in [3.05, 3.63) is 40.5 Å². The van der Waals surface area contributed by atoms with E-state index in [1.807, 2.05) is 37.4 Å². The molecule has 0 aliphatic rings. The van der Waals surface area contributed by atoms with E-state index in [4.69, 9.17) is 16.3 Å². The zero-order valence-electron chi connectivity index (χ0n) is 10.6. The van der Waals surface area contributed by atoms with Crippen LogP contribution >= 0.6 is 34.7 Å². The molecule has 0 aromatic carbocycles. The molecule has 0 aliphatic heterocycles. The Morgan fingerprint density at radius 1 is 1.42 bits per heavy atom. The largest absolute Gasteiger partial charge is 0.492 e. The minimum absolute atomic E-state index is 0.637. The van der Waals surface area contributed by atoms with Crippen LogP contribution in [0.25, 0.3) is 0 Å². The summed E-state index contributed by atoms with van der Waals surface area (Å²) >= 11 is 8.90. The molecule has 2 heterocycles. The lowest BCUT2D eigenvalue weighted by molar-refractivity contribution is 0.339. The van der Waals surface area contributed by atoms with Gasteiger partial charge in [0.05, 0.1) is 22.8 Å². The smallest absolute Gasteiger partial charge is 0.137 e. The average molecular weight is 313 g/mol. The van der Waals surface area contributed by atoms with Crippen molar-refractivity contribution in [3.63, 3.8) is 0 Å². The second-order valence-corrected chi connectivity index (χ2v) is 6.00. The van der Waals surface area contributed by atoms with Crippen LogP contribution in [0.1, 0.15) is 12.6 Å². The van der Waals surface area contributed by atoms with Gasteiger partial charge in [-0.25, -0.2) is 4.99 Å². The third kappa shape index (κ3) is 3.96. The zero-order chi connectivity index (χ0) is 13.7. The number of ether oxygens (including phenoxy) is 1. The van der Waals surface area contributed by atoms with Gasteiger partial charge in [0.15, 0.2) is 0 Å². The molecule has 19 heavy (non-hydrogen) atoms. The van der Waals surface area contributed by atoms with E-state index in [9.17, 15) is 0 Å². The van der Waals surface area contributed by atoms with Gasteiger partial charge < -0.3 is 4.74 Å². The summed E-state index contributed by atoms with van der Waals surface area (Å²) in [7, 11) is 0. The molecule has 100 valence electrons. The minimum Gasteiger partial charge on any atom is -0.492 e. The molecule has 0 aliphatic carbocycles. The number of hydrogen-bond donors (Lipinski definition) is 0. The fraction of sp³-hybridized carbons (Fsp3) is 0.231. The maximum Gasteiger partial charge on any atom is 0.137 e. The van der Waals surface area contributed by atoms with Gasteiger partial charge in [0.1, 0.15) is 15.8 Å². The van der Waals surface area contributed by atoms with Crippen LogP contribution in [0.2, 0.25) is 4.34 Å². The SMILES string of the molecule is CCOc1ccc(/C(=N/c2ccc(Cl)s2)SC)nc1. The normalized spacial score (nSPS) is 11.6. The van der Waals surface area contributed by atoms with Crippen molar-refractivity contribution in [1.29, 1.82) is 0 Å². The number of pyridine rings is 1. The van der Waals surface area contributed by atoms with E-state index in [-0.39, 0.29) is 0 Å². The van der Waals surface area contributed by atoms with Crippen LogP contribution in [-0.4, -0.2) is 22.9 Å². The minimum atomic E-state index is 0.637. The zero-order valence-corrected chi connectivity index (χ0v) is 13.0. The first-order valence-electron chi connectivity index (χ1n) is 5.70. The predicted molar refractivity (Wildman–Crippen MR) is 84.4 cm³/mol. The van der Waals surface area contributed by atoms with Crippen LogP contribution in [0, 0.1) is 0 Å². The van der Waals surface area contributed by atoms with Crippen LogP contribution in [-0.2, 0) is 0 Å². The average Bonchev–Trinajstić information content (AvgIpc) is 2.83. The Bertz CT molecular complexity index is 566. The molecule has 0 saturated carbocycles. The second-order valence-electron chi connectivity index (χ2n) is 3.51. The number of thiophene rings is 1. The highest BCUT2D eigenvalue weighted by atomic mass is 35.5. The standard InChI is InChI=1S/C13H13ClN2OS2/c1-3-17-9-4-5-10(15-8-9)13(18-2)16-12-7-6-11(14)19-12/h4-8H,3H2,1-2H3/b16-13-.